The quantitative estimate of drug-likeness (QED) is 0.692. The Morgan fingerprint density at radius 3 is 2.20 bits per heavy atom. The highest BCUT2D eigenvalue weighted by atomic mass is 16.5. The van der Waals surface area contributed by atoms with Crippen LogP contribution in [0.5, 0.6) is 11.5 Å². The Morgan fingerprint density at radius 1 is 0.833 bits per heavy atom. The van der Waals surface area contributed by atoms with Gasteiger partial charge in [-0.15, -0.1) is 0 Å². The summed E-state index contributed by atoms with van der Waals surface area (Å²) in [4.78, 5) is 7.76. The van der Waals surface area contributed by atoms with Crippen molar-refractivity contribution in [1.82, 2.24) is 9.80 Å². The summed E-state index contributed by atoms with van der Waals surface area (Å²) in [5.41, 5.74) is 2.53. The minimum absolute atomic E-state index is 0.711. The van der Waals surface area contributed by atoms with E-state index in [2.05, 4.69) is 64.1 Å². The number of hydrogen-bond donors (Lipinski definition) is 0. The fraction of sp³-hybridized carbons (Fsp3) is 0.520. The molecule has 0 N–H and O–H groups in total. The zero-order chi connectivity index (χ0) is 20.8. The molecule has 0 bridgehead atoms. The average molecular weight is 410 g/mol. The lowest BCUT2D eigenvalue weighted by Gasteiger charge is -2.43. The molecule has 30 heavy (non-hydrogen) atoms. The van der Waals surface area contributed by atoms with E-state index < -0.39 is 0 Å². The van der Waals surface area contributed by atoms with Gasteiger partial charge in [0.1, 0.15) is 11.5 Å². The van der Waals surface area contributed by atoms with Gasteiger partial charge in [-0.2, -0.15) is 0 Å². The van der Waals surface area contributed by atoms with E-state index in [0.29, 0.717) is 6.04 Å². The van der Waals surface area contributed by atoms with Gasteiger partial charge >= 0.3 is 0 Å². The summed E-state index contributed by atoms with van der Waals surface area (Å²) >= 11 is 0. The number of likely N-dealkylation sites (tertiary alicyclic amines) is 1. The summed E-state index contributed by atoms with van der Waals surface area (Å²) in [7, 11) is 1.76. The van der Waals surface area contributed by atoms with Crippen molar-refractivity contribution >= 4 is 5.69 Å². The highest BCUT2D eigenvalue weighted by molar-refractivity contribution is 5.58. The molecule has 0 saturated carbocycles. The third kappa shape index (κ3) is 4.90. The normalized spacial score (nSPS) is 19.1. The van der Waals surface area contributed by atoms with Crippen molar-refractivity contribution in [3.63, 3.8) is 0 Å². The number of para-hydroxylation sites is 3. The number of rotatable bonds is 7. The second-order valence-electron chi connectivity index (χ2n) is 8.24. The van der Waals surface area contributed by atoms with Crippen LogP contribution in [0.1, 0.15) is 25.3 Å². The predicted molar refractivity (Wildman–Crippen MR) is 123 cm³/mol. The summed E-state index contributed by atoms with van der Waals surface area (Å²) in [5.74, 6) is 2.01. The number of hydrogen-bond acceptors (Lipinski definition) is 5. The molecular formula is C25H35N3O2. The summed E-state index contributed by atoms with van der Waals surface area (Å²) in [5, 5.41) is 0. The van der Waals surface area contributed by atoms with Gasteiger partial charge in [0.25, 0.3) is 0 Å². The van der Waals surface area contributed by atoms with Gasteiger partial charge in [-0.1, -0.05) is 30.3 Å². The van der Waals surface area contributed by atoms with Crippen LogP contribution in [0.2, 0.25) is 0 Å². The van der Waals surface area contributed by atoms with E-state index in [1.807, 2.05) is 6.07 Å². The predicted octanol–water partition coefficient (Wildman–Crippen LogP) is 3.88. The van der Waals surface area contributed by atoms with Gasteiger partial charge in [-0.25, -0.2) is 0 Å². The smallest absolute Gasteiger partial charge is 0.142 e. The maximum absolute atomic E-state index is 5.81. The van der Waals surface area contributed by atoms with Crippen molar-refractivity contribution in [3.8, 4) is 11.5 Å². The molecule has 2 fully saturated rings. The van der Waals surface area contributed by atoms with Crippen molar-refractivity contribution < 1.29 is 9.47 Å². The number of piperazine rings is 1. The number of ether oxygens (including phenoxy) is 2. The standard InChI is InChI=1S/C25H35N3O2/c1-3-30-24-10-6-4-8-21(24)20-26-14-12-22(13-15-26)27-16-18-28(19-17-27)23-9-5-7-11-25(23)29-2/h4-11,22H,3,12-20H2,1-2H3. The largest absolute Gasteiger partial charge is 0.495 e. The molecule has 4 rings (SSSR count). The summed E-state index contributed by atoms with van der Waals surface area (Å²) in [6.07, 6.45) is 2.51. The second-order valence-corrected chi connectivity index (χ2v) is 8.24. The number of piperidine rings is 1. The molecular weight excluding hydrogens is 374 g/mol. The number of methoxy groups -OCH3 is 1. The maximum atomic E-state index is 5.81. The molecule has 0 aliphatic carbocycles. The SMILES string of the molecule is CCOc1ccccc1CN1CCC(N2CCN(c3ccccc3OC)CC2)CC1. The fourth-order valence-corrected chi connectivity index (χ4v) is 4.83. The van der Waals surface area contributed by atoms with Gasteiger partial charge in [-0.3, -0.25) is 9.80 Å². The first-order valence-electron chi connectivity index (χ1n) is 11.3. The summed E-state index contributed by atoms with van der Waals surface area (Å²) < 4.78 is 11.4. The third-order valence-electron chi connectivity index (χ3n) is 6.48. The molecule has 0 spiro atoms. The van der Waals surface area contributed by atoms with E-state index in [4.69, 9.17) is 9.47 Å². The average Bonchev–Trinajstić information content (AvgIpc) is 2.81. The molecule has 2 heterocycles. The topological polar surface area (TPSA) is 28.2 Å². The monoisotopic (exact) mass is 409 g/mol. The molecule has 0 unspecified atom stereocenters. The summed E-state index contributed by atoms with van der Waals surface area (Å²) in [6.45, 7) is 10.5. The van der Waals surface area contributed by atoms with E-state index in [9.17, 15) is 0 Å². The molecule has 0 atom stereocenters. The van der Waals surface area contributed by atoms with Gasteiger partial charge in [0.15, 0.2) is 0 Å². The van der Waals surface area contributed by atoms with Crippen molar-refractivity contribution in [2.24, 2.45) is 0 Å². The van der Waals surface area contributed by atoms with Crippen molar-refractivity contribution in [2.45, 2.75) is 32.4 Å². The van der Waals surface area contributed by atoms with Gasteiger partial charge in [0.05, 0.1) is 19.4 Å². The Morgan fingerprint density at radius 2 is 1.50 bits per heavy atom. The van der Waals surface area contributed by atoms with Crippen LogP contribution in [0, 0.1) is 0 Å². The molecule has 2 aromatic carbocycles. The molecule has 5 nitrogen and oxygen atoms in total. The molecule has 162 valence electrons. The molecule has 2 aliphatic rings. The molecule has 0 aromatic heterocycles. The van der Waals surface area contributed by atoms with E-state index in [1.165, 1.54) is 24.1 Å². The zero-order valence-electron chi connectivity index (χ0n) is 18.4. The van der Waals surface area contributed by atoms with Crippen LogP contribution in [0.15, 0.2) is 48.5 Å². The van der Waals surface area contributed by atoms with Crippen LogP contribution in [0.4, 0.5) is 5.69 Å². The van der Waals surface area contributed by atoms with Crippen LogP contribution < -0.4 is 14.4 Å². The minimum Gasteiger partial charge on any atom is -0.495 e. The van der Waals surface area contributed by atoms with Crippen LogP contribution >= 0.6 is 0 Å². The van der Waals surface area contributed by atoms with Gasteiger partial charge in [0, 0.05) is 44.3 Å². The Bertz CT molecular complexity index is 796. The first-order chi connectivity index (χ1) is 14.8. The number of anilines is 1. The second kappa shape index (κ2) is 10.2. The van der Waals surface area contributed by atoms with Crippen LogP contribution in [-0.4, -0.2) is 68.8 Å². The van der Waals surface area contributed by atoms with Gasteiger partial charge in [-0.05, 0) is 51.1 Å². The first kappa shape index (κ1) is 21.0. The van der Waals surface area contributed by atoms with Crippen LogP contribution in [0.3, 0.4) is 0 Å². The number of benzene rings is 2. The summed E-state index contributed by atoms with van der Waals surface area (Å²) in [6, 6.07) is 17.6. The Balaban J connectivity index is 1.26. The molecule has 2 saturated heterocycles. The number of nitrogens with zero attached hydrogens (tertiary/aromatic N) is 3. The lowest BCUT2D eigenvalue weighted by molar-refractivity contribution is 0.0992. The maximum Gasteiger partial charge on any atom is 0.142 e. The Kier molecular flexibility index (Phi) is 7.13. The van der Waals surface area contributed by atoms with Gasteiger partial charge in [0.2, 0.25) is 0 Å². The zero-order valence-corrected chi connectivity index (χ0v) is 18.4. The Hall–Kier alpha value is -2.24. The van der Waals surface area contributed by atoms with E-state index in [1.54, 1.807) is 7.11 Å². The van der Waals surface area contributed by atoms with Crippen LogP contribution in [-0.2, 0) is 6.54 Å². The van der Waals surface area contributed by atoms with Gasteiger partial charge < -0.3 is 14.4 Å². The van der Waals surface area contributed by atoms with Crippen LogP contribution in [0.25, 0.3) is 0 Å². The lowest BCUT2D eigenvalue weighted by Crippen LogP contribution is -2.53. The van der Waals surface area contributed by atoms with E-state index in [-0.39, 0.29) is 0 Å². The molecule has 0 radical (unpaired) electrons. The van der Waals surface area contributed by atoms with Crippen molar-refractivity contribution in [2.75, 3.05) is 57.9 Å². The first-order valence-corrected chi connectivity index (χ1v) is 11.3. The van der Waals surface area contributed by atoms with E-state index >= 15 is 0 Å². The highest BCUT2D eigenvalue weighted by Gasteiger charge is 2.28. The molecule has 2 aliphatic heterocycles. The third-order valence-corrected chi connectivity index (χ3v) is 6.48. The van der Waals surface area contributed by atoms with E-state index in [0.717, 1.165) is 63.9 Å². The van der Waals surface area contributed by atoms with Crippen molar-refractivity contribution in [1.29, 1.82) is 0 Å². The molecule has 5 heteroatoms. The minimum atomic E-state index is 0.711. The van der Waals surface area contributed by atoms with Crippen molar-refractivity contribution in [3.05, 3.63) is 54.1 Å². The molecule has 2 aromatic rings. The fourth-order valence-electron chi connectivity index (χ4n) is 4.83. The lowest BCUT2D eigenvalue weighted by atomic mass is 10.0. The molecule has 0 amide bonds. The highest BCUT2D eigenvalue weighted by Crippen LogP contribution is 2.29. The Labute approximate surface area is 181 Å².